The Hall–Kier alpha value is -0.443. The minimum absolute atomic E-state index is 0.117. The van der Waals surface area contributed by atoms with E-state index >= 15 is 0 Å². The Labute approximate surface area is 160 Å². The second-order valence-corrected chi connectivity index (χ2v) is 12.8. The molecule has 25 heavy (non-hydrogen) atoms. The normalized spacial score (nSPS) is 25.9. The molecule has 5 nitrogen and oxygen atoms in total. The van der Waals surface area contributed by atoms with E-state index in [-0.39, 0.29) is 28.3 Å². The van der Waals surface area contributed by atoms with Crippen molar-refractivity contribution < 1.29 is 19.1 Å². The Morgan fingerprint density at radius 1 is 1.36 bits per heavy atom. The minimum Gasteiger partial charge on any atom is -0.477 e. The molecule has 3 atom stereocenters. The molecule has 1 amide bonds. The Morgan fingerprint density at radius 2 is 1.96 bits per heavy atom. The number of carbonyl (C=O) groups is 2. The van der Waals surface area contributed by atoms with E-state index in [0.717, 1.165) is 16.4 Å². The first-order chi connectivity index (χ1) is 11.5. The summed E-state index contributed by atoms with van der Waals surface area (Å²) in [6.07, 6.45) is 0.964. The highest BCUT2D eigenvalue weighted by Crippen LogP contribution is 2.58. The van der Waals surface area contributed by atoms with E-state index in [1.807, 2.05) is 6.92 Å². The zero-order valence-electron chi connectivity index (χ0n) is 16.1. The monoisotopic (exact) mass is 403 g/mol. The molecule has 1 N–H and O–H groups in total. The van der Waals surface area contributed by atoms with Gasteiger partial charge in [0.25, 0.3) is 0 Å². The zero-order valence-corrected chi connectivity index (χ0v) is 18.9. The SMILES string of the molecule is CCCSC1=C(C(=O)O)N2C(=O)[C@@H]([C@](C)(O[SiH](C)C)C(C)(C)C)[C@H]2S1. The fourth-order valence-corrected chi connectivity index (χ4v) is 7.64. The van der Waals surface area contributed by atoms with Crippen molar-refractivity contribution in [3.63, 3.8) is 0 Å². The summed E-state index contributed by atoms with van der Waals surface area (Å²) < 4.78 is 7.16. The van der Waals surface area contributed by atoms with Crippen LogP contribution < -0.4 is 0 Å². The molecule has 2 heterocycles. The van der Waals surface area contributed by atoms with Crippen molar-refractivity contribution in [1.29, 1.82) is 0 Å². The second-order valence-electron chi connectivity index (χ2n) is 8.01. The van der Waals surface area contributed by atoms with Crippen LogP contribution in [0.1, 0.15) is 41.0 Å². The second kappa shape index (κ2) is 7.29. The first kappa shape index (κ1) is 20.9. The van der Waals surface area contributed by atoms with Crippen molar-refractivity contribution in [1.82, 2.24) is 4.90 Å². The van der Waals surface area contributed by atoms with Crippen LogP contribution in [0.15, 0.2) is 9.93 Å². The van der Waals surface area contributed by atoms with E-state index in [4.69, 9.17) is 4.43 Å². The number of carbonyl (C=O) groups excluding carboxylic acids is 1. The summed E-state index contributed by atoms with van der Waals surface area (Å²) >= 11 is 3.06. The molecule has 0 aromatic carbocycles. The van der Waals surface area contributed by atoms with Gasteiger partial charge in [0.1, 0.15) is 5.37 Å². The van der Waals surface area contributed by atoms with Gasteiger partial charge < -0.3 is 9.53 Å². The number of nitrogens with zero attached hydrogens (tertiary/aromatic N) is 1. The van der Waals surface area contributed by atoms with E-state index in [1.54, 1.807) is 0 Å². The van der Waals surface area contributed by atoms with Crippen LogP contribution >= 0.6 is 23.5 Å². The van der Waals surface area contributed by atoms with Gasteiger partial charge in [0.2, 0.25) is 5.91 Å². The maximum absolute atomic E-state index is 13.0. The first-order valence-electron chi connectivity index (χ1n) is 8.73. The number of hydrogen-bond acceptors (Lipinski definition) is 5. The lowest BCUT2D eigenvalue weighted by Crippen LogP contribution is -2.69. The molecule has 0 radical (unpaired) electrons. The maximum atomic E-state index is 13.0. The quantitative estimate of drug-likeness (QED) is 0.516. The van der Waals surface area contributed by atoms with Gasteiger partial charge in [-0.3, -0.25) is 9.69 Å². The van der Waals surface area contributed by atoms with E-state index in [9.17, 15) is 14.7 Å². The average Bonchev–Trinajstić information content (AvgIpc) is 2.77. The van der Waals surface area contributed by atoms with Crippen LogP contribution in [-0.4, -0.2) is 47.7 Å². The molecule has 142 valence electrons. The molecule has 0 unspecified atom stereocenters. The number of carboxylic acids is 1. The highest BCUT2D eigenvalue weighted by atomic mass is 32.2. The third-order valence-electron chi connectivity index (χ3n) is 4.91. The van der Waals surface area contributed by atoms with Crippen molar-refractivity contribution >= 4 is 44.4 Å². The molecule has 0 aliphatic carbocycles. The van der Waals surface area contributed by atoms with E-state index in [0.29, 0.717) is 0 Å². The lowest BCUT2D eigenvalue weighted by atomic mass is 9.66. The largest absolute Gasteiger partial charge is 0.477 e. The summed E-state index contributed by atoms with van der Waals surface area (Å²) in [5.41, 5.74) is -0.666. The molecule has 0 bridgehead atoms. The van der Waals surface area contributed by atoms with Gasteiger partial charge in [0.05, 0.1) is 15.8 Å². The molecule has 0 aromatic rings. The molecular weight excluding hydrogens is 374 g/mol. The number of thioether (sulfide) groups is 2. The average molecular weight is 404 g/mol. The Bertz CT molecular complexity index is 602. The van der Waals surface area contributed by atoms with Gasteiger partial charge >= 0.3 is 5.97 Å². The molecule has 2 aliphatic heterocycles. The van der Waals surface area contributed by atoms with Crippen LogP contribution in [0.4, 0.5) is 0 Å². The summed E-state index contributed by atoms with van der Waals surface area (Å²) in [4.78, 5) is 26.2. The number of β-lactam (4-membered cyclic amide) rings is 1. The summed E-state index contributed by atoms with van der Waals surface area (Å²) in [7, 11) is -1.38. The predicted octanol–water partition coefficient (Wildman–Crippen LogP) is 3.72. The summed E-state index contributed by atoms with van der Waals surface area (Å²) in [5, 5.41) is 9.44. The van der Waals surface area contributed by atoms with Gasteiger partial charge in [0.15, 0.2) is 14.7 Å². The molecule has 0 saturated carbocycles. The molecule has 1 saturated heterocycles. The van der Waals surface area contributed by atoms with Crippen LogP contribution in [0, 0.1) is 11.3 Å². The van der Waals surface area contributed by atoms with Crippen LogP contribution in [0.3, 0.4) is 0 Å². The minimum atomic E-state index is -1.38. The van der Waals surface area contributed by atoms with E-state index in [2.05, 4.69) is 40.8 Å². The van der Waals surface area contributed by atoms with Crippen molar-refractivity contribution in [2.45, 2.75) is 65.1 Å². The first-order valence-corrected chi connectivity index (χ1v) is 13.4. The van der Waals surface area contributed by atoms with Crippen molar-refractivity contribution in [2.75, 3.05) is 5.75 Å². The van der Waals surface area contributed by atoms with Gasteiger partial charge in [-0.2, -0.15) is 0 Å². The number of aliphatic carboxylic acids is 1. The fourth-order valence-electron chi connectivity index (χ4n) is 3.29. The highest BCUT2D eigenvalue weighted by Gasteiger charge is 2.65. The van der Waals surface area contributed by atoms with E-state index < -0.39 is 20.6 Å². The zero-order chi connectivity index (χ0) is 19.2. The highest BCUT2D eigenvalue weighted by molar-refractivity contribution is 8.22. The smallest absolute Gasteiger partial charge is 0.354 e. The third-order valence-corrected chi connectivity index (χ3v) is 8.71. The summed E-state index contributed by atoms with van der Waals surface area (Å²) in [6, 6.07) is 0. The molecule has 1 fully saturated rings. The lowest BCUT2D eigenvalue weighted by Gasteiger charge is -2.56. The Balaban J connectivity index is 2.35. The number of carboxylic acid groups (broad SMARTS) is 1. The van der Waals surface area contributed by atoms with Crippen LogP contribution in [0.25, 0.3) is 0 Å². The van der Waals surface area contributed by atoms with Crippen molar-refractivity contribution in [2.24, 2.45) is 11.3 Å². The van der Waals surface area contributed by atoms with Gasteiger partial charge in [-0.1, -0.05) is 39.5 Å². The number of rotatable bonds is 7. The molecule has 8 heteroatoms. The molecule has 2 aliphatic rings. The summed E-state index contributed by atoms with van der Waals surface area (Å²) in [5.74, 6) is -0.600. The number of fused-ring (bicyclic) bond motifs is 1. The van der Waals surface area contributed by atoms with Gasteiger partial charge in [0, 0.05) is 0 Å². The molecular formula is C17H29NO4S2Si. The topological polar surface area (TPSA) is 66.8 Å². The van der Waals surface area contributed by atoms with Crippen LogP contribution in [-0.2, 0) is 14.0 Å². The fraction of sp³-hybridized carbons (Fsp3) is 0.765. The standard InChI is InChI=1S/C17H29NO4S2Si/c1-8-9-23-15-11(14(20)21)18-12(19)10(13(18)24-15)17(5,16(2,3)4)22-25(6)7/h10,13,25H,8-9H2,1-7H3,(H,20,21)/t10-,13-,17+/m1/s1. The van der Waals surface area contributed by atoms with Crippen molar-refractivity contribution in [3.8, 4) is 0 Å². The molecule has 0 spiro atoms. The lowest BCUT2D eigenvalue weighted by molar-refractivity contribution is -0.173. The van der Waals surface area contributed by atoms with E-state index in [1.165, 1.54) is 28.4 Å². The summed E-state index contributed by atoms with van der Waals surface area (Å²) in [6.45, 7) is 14.6. The number of hydrogen-bond donors (Lipinski definition) is 1. The Morgan fingerprint density at radius 3 is 2.40 bits per heavy atom. The number of amides is 1. The molecule has 0 aromatic heterocycles. The third kappa shape index (κ3) is 3.55. The molecule has 2 rings (SSSR count). The van der Waals surface area contributed by atoms with Crippen molar-refractivity contribution in [3.05, 3.63) is 9.93 Å². The van der Waals surface area contributed by atoms with Crippen LogP contribution in [0.5, 0.6) is 0 Å². The van der Waals surface area contributed by atoms with Gasteiger partial charge in [-0.25, -0.2) is 4.79 Å². The maximum Gasteiger partial charge on any atom is 0.354 e. The van der Waals surface area contributed by atoms with Gasteiger partial charge in [-0.05, 0) is 37.6 Å². The van der Waals surface area contributed by atoms with Gasteiger partial charge in [-0.15, -0.1) is 11.8 Å². The Kier molecular flexibility index (Phi) is 6.08. The predicted molar refractivity (Wildman–Crippen MR) is 107 cm³/mol. The van der Waals surface area contributed by atoms with Crippen LogP contribution in [0.2, 0.25) is 13.1 Å².